The predicted octanol–water partition coefficient (Wildman–Crippen LogP) is 3.45. The SMILES string of the molecule is CCNCc1cc(S(=O)(=O)N(C)c2ccccc2)c(Br)s1. The number of hydrogen-bond acceptors (Lipinski definition) is 4. The Hall–Kier alpha value is -0.890. The first-order valence-electron chi connectivity index (χ1n) is 6.49. The van der Waals surface area contributed by atoms with Crippen molar-refractivity contribution in [1.82, 2.24) is 5.32 Å². The number of anilines is 1. The number of hydrogen-bond donors (Lipinski definition) is 1. The summed E-state index contributed by atoms with van der Waals surface area (Å²) in [6, 6.07) is 10.8. The molecule has 0 bridgehead atoms. The minimum Gasteiger partial charge on any atom is -0.312 e. The molecule has 0 aliphatic heterocycles. The first-order valence-corrected chi connectivity index (χ1v) is 9.54. The third-order valence-electron chi connectivity index (χ3n) is 3.01. The van der Waals surface area contributed by atoms with Crippen LogP contribution in [0.15, 0.2) is 45.1 Å². The zero-order valence-corrected chi connectivity index (χ0v) is 15.1. The number of nitrogens with zero attached hydrogens (tertiary/aromatic N) is 1. The highest BCUT2D eigenvalue weighted by Crippen LogP contribution is 2.34. The van der Waals surface area contributed by atoms with Gasteiger partial charge in [0.1, 0.15) is 4.90 Å². The lowest BCUT2D eigenvalue weighted by Gasteiger charge is -2.18. The third-order valence-corrected chi connectivity index (χ3v) is 7.05. The summed E-state index contributed by atoms with van der Waals surface area (Å²) in [7, 11) is -1.99. The van der Waals surface area contributed by atoms with Crippen LogP contribution in [0.3, 0.4) is 0 Å². The van der Waals surface area contributed by atoms with Crippen molar-refractivity contribution in [1.29, 1.82) is 0 Å². The van der Waals surface area contributed by atoms with E-state index in [0.717, 1.165) is 11.4 Å². The molecule has 0 spiro atoms. The van der Waals surface area contributed by atoms with Gasteiger partial charge in [-0.05, 0) is 40.7 Å². The van der Waals surface area contributed by atoms with E-state index >= 15 is 0 Å². The molecule has 0 amide bonds. The molecule has 1 aromatic carbocycles. The highest BCUT2D eigenvalue weighted by Gasteiger charge is 2.26. The Morgan fingerprint density at radius 2 is 1.95 bits per heavy atom. The molecule has 0 radical (unpaired) electrons. The van der Waals surface area contributed by atoms with Gasteiger partial charge in [0.25, 0.3) is 10.0 Å². The van der Waals surface area contributed by atoms with Crippen molar-refractivity contribution in [2.75, 3.05) is 17.9 Å². The van der Waals surface area contributed by atoms with E-state index in [-0.39, 0.29) is 0 Å². The van der Waals surface area contributed by atoms with E-state index in [1.54, 1.807) is 25.2 Å². The lowest BCUT2D eigenvalue weighted by molar-refractivity contribution is 0.594. The van der Waals surface area contributed by atoms with Gasteiger partial charge in [-0.15, -0.1) is 11.3 Å². The van der Waals surface area contributed by atoms with E-state index in [1.807, 2.05) is 25.1 Å². The van der Waals surface area contributed by atoms with Gasteiger partial charge in [-0.2, -0.15) is 0 Å². The van der Waals surface area contributed by atoms with E-state index in [1.165, 1.54) is 15.6 Å². The van der Waals surface area contributed by atoms with Gasteiger partial charge in [0.15, 0.2) is 0 Å². The van der Waals surface area contributed by atoms with Crippen molar-refractivity contribution < 1.29 is 8.42 Å². The summed E-state index contributed by atoms with van der Waals surface area (Å²) in [5, 5.41) is 3.20. The van der Waals surface area contributed by atoms with Crippen molar-refractivity contribution in [3.63, 3.8) is 0 Å². The van der Waals surface area contributed by atoms with Crippen LogP contribution in [0.25, 0.3) is 0 Å². The molecule has 1 heterocycles. The summed E-state index contributed by atoms with van der Waals surface area (Å²) in [6.07, 6.45) is 0. The average molecular weight is 389 g/mol. The van der Waals surface area contributed by atoms with Gasteiger partial charge in [-0.3, -0.25) is 4.31 Å². The highest BCUT2D eigenvalue weighted by atomic mass is 79.9. The Morgan fingerprint density at radius 1 is 1.29 bits per heavy atom. The molecule has 0 saturated carbocycles. The molecule has 21 heavy (non-hydrogen) atoms. The van der Waals surface area contributed by atoms with Crippen LogP contribution in [0.5, 0.6) is 0 Å². The van der Waals surface area contributed by atoms with Crippen LogP contribution < -0.4 is 9.62 Å². The van der Waals surface area contributed by atoms with Crippen LogP contribution in [0.1, 0.15) is 11.8 Å². The average Bonchev–Trinajstić information content (AvgIpc) is 2.87. The van der Waals surface area contributed by atoms with E-state index in [4.69, 9.17) is 0 Å². The lowest BCUT2D eigenvalue weighted by atomic mass is 10.3. The standard InChI is InChI=1S/C14H17BrN2O2S2/c1-3-16-10-12-9-13(14(15)20-12)21(18,19)17(2)11-7-5-4-6-8-11/h4-9,16H,3,10H2,1-2H3. The molecule has 4 nitrogen and oxygen atoms in total. The fourth-order valence-corrected chi connectivity index (χ4v) is 5.63. The smallest absolute Gasteiger partial charge is 0.266 e. The second-order valence-corrected chi connectivity index (χ2v) is 8.83. The van der Waals surface area contributed by atoms with Crippen molar-refractivity contribution in [2.24, 2.45) is 0 Å². The maximum Gasteiger partial charge on any atom is 0.266 e. The van der Waals surface area contributed by atoms with E-state index in [2.05, 4.69) is 21.2 Å². The van der Waals surface area contributed by atoms with Crippen molar-refractivity contribution in [2.45, 2.75) is 18.4 Å². The largest absolute Gasteiger partial charge is 0.312 e. The van der Waals surface area contributed by atoms with E-state index in [0.29, 0.717) is 20.9 Å². The fraction of sp³-hybridized carbons (Fsp3) is 0.286. The molecule has 0 saturated heterocycles. The van der Waals surface area contributed by atoms with Crippen molar-refractivity contribution in [3.05, 3.63) is 45.1 Å². The van der Waals surface area contributed by atoms with Crippen LogP contribution in [0.2, 0.25) is 0 Å². The quantitative estimate of drug-likeness (QED) is 0.824. The molecule has 0 aliphatic rings. The highest BCUT2D eigenvalue weighted by molar-refractivity contribution is 9.11. The molecule has 114 valence electrons. The zero-order chi connectivity index (χ0) is 15.5. The monoisotopic (exact) mass is 388 g/mol. The Labute approximate surface area is 138 Å². The maximum atomic E-state index is 12.7. The molecule has 0 fully saturated rings. The fourth-order valence-electron chi connectivity index (χ4n) is 1.83. The summed E-state index contributed by atoms with van der Waals surface area (Å²) in [6.45, 7) is 3.54. The summed E-state index contributed by atoms with van der Waals surface area (Å²) >= 11 is 4.81. The van der Waals surface area contributed by atoms with Crippen LogP contribution >= 0.6 is 27.3 Å². The van der Waals surface area contributed by atoms with Gasteiger partial charge < -0.3 is 5.32 Å². The van der Waals surface area contributed by atoms with Gasteiger partial charge in [0.2, 0.25) is 0 Å². The number of thiophene rings is 1. The number of nitrogens with one attached hydrogen (secondary N) is 1. The Bertz CT molecular complexity index is 699. The second-order valence-electron chi connectivity index (χ2n) is 4.44. The third kappa shape index (κ3) is 3.66. The van der Waals surface area contributed by atoms with Gasteiger partial charge in [-0.1, -0.05) is 25.1 Å². The van der Waals surface area contributed by atoms with Crippen molar-refractivity contribution >= 4 is 43.0 Å². The molecule has 7 heteroatoms. The normalized spacial score (nSPS) is 11.6. The molecule has 0 atom stereocenters. The minimum absolute atomic E-state index is 0.312. The number of para-hydroxylation sites is 1. The number of benzene rings is 1. The molecule has 2 rings (SSSR count). The molecule has 2 aromatic rings. The first kappa shape index (κ1) is 16.5. The number of rotatable bonds is 6. The van der Waals surface area contributed by atoms with Crippen LogP contribution in [-0.2, 0) is 16.6 Å². The lowest BCUT2D eigenvalue weighted by Crippen LogP contribution is -2.26. The summed E-state index contributed by atoms with van der Waals surface area (Å²) in [4.78, 5) is 1.30. The molecule has 0 unspecified atom stereocenters. The summed E-state index contributed by atoms with van der Waals surface area (Å²) in [5.41, 5.74) is 0.642. The van der Waals surface area contributed by atoms with Gasteiger partial charge in [0, 0.05) is 18.5 Å². The van der Waals surface area contributed by atoms with Crippen molar-refractivity contribution in [3.8, 4) is 0 Å². The first-order chi connectivity index (χ1) is 9.96. The Morgan fingerprint density at radius 3 is 2.57 bits per heavy atom. The molecular formula is C14H17BrN2O2S2. The second kappa shape index (κ2) is 6.91. The molecular weight excluding hydrogens is 372 g/mol. The zero-order valence-electron chi connectivity index (χ0n) is 11.8. The number of halogens is 1. The molecule has 1 aromatic heterocycles. The Balaban J connectivity index is 2.33. The van der Waals surface area contributed by atoms with Crippen LogP contribution in [-0.4, -0.2) is 22.0 Å². The topological polar surface area (TPSA) is 49.4 Å². The number of sulfonamides is 1. The van der Waals surface area contributed by atoms with Gasteiger partial charge in [0.05, 0.1) is 9.47 Å². The van der Waals surface area contributed by atoms with Gasteiger partial charge >= 0.3 is 0 Å². The predicted molar refractivity (Wildman–Crippen MR) is 91.4 cm³/mol. The molecule has 0 aliphatic carbocycles. The summed E-state index contributed by atoms with van der Waals surface area (Å²) in [5.74, 6) is 0. The van der Waals surface area contributed by atoms with Crippen LogP contribution in [0.4, 0.5) is 5.69 Å². The maximum absolute atomic E-state index is 12.7. The molecule has 1 N–H and O–H groups in total. The Kier molecular flexibility index (Phi) is 5.43. The van der Waals surface area contributed by atoms with E-state index < -0.39 is 10.0 Å². The minimum atomic E-state index is -3.56. The summed E-state index contributed by atoms with van der Waals surface area (Å²) < 4.78 is 27.4. The van der Waals surface area contributed by atoms with E-state index in [9.17, 15) is 8.42 Å². The van der Waals surface area contributed by atoms with Gasteiger partial charge in [-0.25, -0.2) is 8.42 Å². The van der Waals surface area contributed by atoms with Crippen LogP contribution in [0, 0.1) is 0 Å².